The number of alkyl halides is 6. The van der Waals surface area contributed by atoms with Crippen LogP contribution >= 0.6 is 0 Å². The number of rotatable bonds is 6. The molecule has 0 spiro atoms. The Morgan fingerprint density at radius 2 is 1.73 bits per heavy atom. The quantitative estimate of drug-likeness (QED) is 0.279. The van der Waals surface area contributed by atoms with Crippen molar-refractivity contribution in [2.75, 3.05) is 25.5 Å². The maximum atomic E-state index is 13.1. The summed E-state index contributed by atoms with van der Waals surface area (Å²) in [6.45, 7) is -0.0276. The zero-order valence-electron chi connectivity index (χ0n) is 15.5. The van der Waals surface area contributed by atoms with Crippen molar-refractivity contribution in [3.05, 3.63) is 53.1 Å². The predicted molar refractivity (Wildman–Crippen MR) is 95.1 cm³/mol. The lowest BCUT2D eigenvalue weighted by Gasteiger charge is -2.16. The molecule has 0 aliphatic heterocycles. The van der Waals surface area contributed by atoms with Crippen molar-refractivity contribution in [3.8, 4) is 0 Å². The van der Waals surface area contributed by atoms with E-state index in [1.807, 2.05) is 0 Å². The van der Waals surface area contributed by atoms with Gasteiger partial charge in [-0.15, -0.1) is 0 Å². The van der Waals surface area contributed by atoms with Gasteiger partial charge in [-0.1, -0.05) is 6.07 Å². The summed E-state index contributed by atoms with van der Waals surface area (Å²) < 4.78 is 90.0. The molecule has 1 heterocycles. The monoisotopic (exact) mass is 438 g/mol. The summed E-state index contributed by atoms with van der Waals surface area (Å²) in [5.41, 5.74) is -2.37. The summed E-state index contributed by atoms with van der Waals surface area (Å²) in [5, 5.41) is 8.01. The van der Waals surface area contributed by atoms with Gasteiger partial charge in [0.2, 0.25) is 5.95 Å². The van der Waals surface area contributed by atoms with Crippen LogP contribution in [0.1, 0.15) is 16.8 Å². The number of hydrogen-bond acceptors (Lipinski definition) is 4. The van der Waals surface area contributed by atoms with Crippen LogP contribution in [0, 0.1) is 5.82 Å². The van der Waals surface area contributed by atoms with E-state index in [2.05, 4.69) is 30.9 Å². The number of aliphatic imine (C=N–C) groups is 1. The number of benzene rings is 1. The molecule has 164 valence electrons. The van der Waals surface area contributed by atoms with Gasteiger partial charge in [0.25, 0.3) is 0 Å². The van der Waals surface area contributed by atoms with E-state index in [1.54, 1.807) is 0 Å². The normalized spacial score (nSPS) is 12.6. The Morgan fingerprint density at radius 1 is 1.00 bits per heavy atom. The molecule has 1 aromatic heterocycles. The molecule has 2 rings (SSSR count). The molecular formula is C17H17F7N6. The summed E-state index contributed by atoms with van der Waals surface area (Å²) in [6.07, 6.45) is -8.35. The van der Waals surface area contributed by atoms with Gasteiger partial charge in [-0.25, -0.2) is 14.4 Å². The fraction of sp³-hybridized carbons (Fsp3) is 0.353. The number of guanidine groups is 1. The molecule has 0 radical (unpaired) electrons. The summed E-state index contributed by atoms with van der Waals surface area (Å²) in [6, 6.07) is 3.08. The average molecular weight is 438 g/mol. The van der Waals surface area contributed by atoms with Crippen LogP contribution < -0.4 is 16.0 Å². The Labute approximate surface area is 166 Å². The Balaban J connectivity index is 1.87. The van der Waals surface area contributed by atoms with E-state index in [4.69, 9.17) is 0 Å². The largest absolute Gasteiger partial charge is 0.433 e. The fourth-order valence-corrected chi connectivity index (χ4v) is 2.32. The molecule has 0 saturated heterocycles. The third-order valence-electron chi connectivity index (χ3n) is 3.69. The Hall–Kier alpha value is -3.12. The molecule has 30 heavy (non-hydrogen) atoms. The number of anilines is 1. The summed E-state index contributed by atoms with van der Waals surface area (Å²) in [7, 11) is 1.38. The molecular weight excluding hydrogens is 421 g/mol. The van der Waals surface area contributed by atoms with Crippen molar-refractivity contribution >= 4 is 11.9 Å². The number of nitrogens with zero attached hydrogens (tertiary/aromatic N) is 3. The molecule has 0 unspecified atom stereocenters. The van der Waals surface area contributed by atoms with Crippen molar-refractivity contribution in [2.24, 2.45) is 4.99 Å². The minimum absolute atomic E-state index is 0.104. The molecule has 2 aromatic rings. The van der Waals surface area contributed by atoms with Crippen LogP contribution in [-0.2, 0) is 18.9 Å². The third kappa shape index (κ3) is 6.74. The Morgan fingerprint density at radius 3 is 2.37 bits per heavy atom. The number of aromatic nitrogens is 2. The van der Waals surface area contributed by atoms with E-state index < -0.39 is 29.4 Å². The smallest absolute Gasteiger partial charge is 0.355 e. The summed E-state index contributed by atoms with van der Waals surface area (Å²) in [4.78, 5) is 10.8. The van der Waals surface area contributed by atoms with E-state index in [-0.39, 0.29) is 37.1 Å². The van der Waals surface area contributed by atoms with Crippen molar-refractivity contribution in [2.45, 2.75) is 18.9 Å². The standard InChI is InChI=1S/C17H17F7N6/c1-25-14(29-9-10-2-3-11(18)8-12(10)16(19,20)21)27-6-7-28-15-26-5-4-13(30-15)17(22,23)24/h2-5,8H,6-7,9H2,1H3,(H2,25,27,29)(H,26,28,30). The SMILES string of the molecule is CN=C(NCCNc1nccc(C(F)(F)F)n1)NCc1ccc(F)cc1C(F)(F)F. The number of nitrogens with one attached hydrogen (secondary N) is 3. The van der Waals surface area contributed by atoms with Gasteiger partial charge in [0.1, 0.15) is 11.5 Å². The first kappa shape index (κ1) is 23.2. The van der Waals surface area contributed by atoms with Crippen LogP contribution in [0.15, 0.2) is 35.5 Å². The van der Waals surface area contributed by atoms with E-state index in [9.17, 15) is 30.7 Å². The third-order valence-corrected chi connectivity index (χ3v) is 3.69. The van der Waals surface area contributed by atoms with Crippen LogP contribution in [0.4, 0.5) is 36.7 Å². The summed E-state index contributed by atoms with van der Waals surface area (Å²) in [5.74, 6) is -1.09. The van der Waals surface area contributed by atoms with Gasteiger partial charge in [0.15, 0.2) is 5.96 Å². The highest BCUT2D eigenvalue weighted by atomic mass is 19.4. The van der Waals surface area contributed by atoms with Crippen molar-refractivity contribution in [1.82, 2.24) is 20.6 Å². The summed E-state index contributed by atoms with van der Waals surface area (Å²) >= 11 is 0. The maximum Gasteiger partial charge on any atom is 0.433 e. The minimum atomic E-state index is -4.72. The molecule has 0 fully saturated rings. The molecule has 0 atom stereocenters. The highest BCUT2D eigenvalue weighted by Gasteiger charge is 2.34. The zero-order valence-corrected chi connectivity index (χ0v) is 15.5. The predicted octanol–water partition coefficient (Wildman–Crippen LogP) is 3.43. The molecule has 0 amide bonds. The van der Waals surface area contributed by atoms with Gasteiger partial charge in [0, 0.05) is 32.9 Å². The van der Waals surface area contributed by atoms with Crippen molar-refractivity contribution in [3.63, 3.8) is 0 Å². The lowest BCUT2D eigenvalue weighted by atomic mass is 10.1. The van der Waals surface area contributed by atoms with Crippen LogP contribution in [0.25, 0.3) is 0 Å². The second-order valence-electron chi connectivity index (χ2n) is 5.84. The van der Waals surface area contributed by atoms with E-state index in [0.29, 0.717) is 6.07 Å². The molecule has 6 nitrogen and oxygen atoms in total. The van der Waals surface area contributed by atoms with Gasteiger partial charge in [-0.2, -0.15) is 26.3 Å². The highest BCUT2D eigenvalue weighted by molar-refractivity contribution is 5.79. The maximum absolute atomic E-state index is 13.1. The first-order valence-electron chi connectivity index (χ1n) is 8.45. The Bertz CT molecular complexity index is 880. The molecule has 0 bridgehead atoms. The van der Waals surface area contributed by atoms with Crippen molar-refractivity contribution in [1.29, 1.82) is 0 Å². The van der Waals surface area contributed by atoms with Gasteiger partial charge in [0.05, 0.1) is 5.56 Å². The minimum Gasteiger partial charge on any atom is -0.355 e. The first-order valence-corrected chi connectivity index (χ1v) is 8.45. The molecule has 0 saturated carbocycles. The van der Waals surface area contributed by atoms with Crippen LogP contribution in [0.3, 0.4) is 0 Å². The zero-order chi connectivity index (χ0) is 22.4. The first-order chi connectivity index (χ1) is 14.0. The second-order valence-corrected chi connectivity index (χ2v) is 5.84. The van der Waals surface area contributed by atoms with Crippen LogP contribution in [0.5, 0.6) is 0 Å². The van der Waals surface area contributed by atoms with Crippen LogP contribution in [-0.4, -0.2) is 36.1 Å². The topological polar surface area (TPSA) is 74.2 Å². The van der Waals surface area contributed by atoms with Gasteiger partial charge >= 0.3 is 12.4 Å². The lowest BCUT2D eigenvalue weighted by Crippen LogP contribution is -2.39. The van der Waals surface area contributed by atoms with Crippen LogP contribution in [0.2, 0.25) is 0 Å². The Kier molecular flexibility index (Phi) is 7.40. The molecule has 13 heteroatoms. The molecule has 0 aliphatic rings. The average Bonchev–Trinajstić information content (AvgIpc) is 2.67. The fourth-order valence-electron chi connectivity index (χ4n) is 2.32. The number of hydrogen-bond donors (Lipinski definition) is 3. The van der Waals surface area contributed by atoms with E-state index in [1.165, 1.54) is 7.05 Å². The van der Waals surface area contributed by atoms with E-state index >= 15 is 0 Å². The highest BCUT2D eigenvalue weighted by Crippen LogP contribution is 2.32. The van der Waals surface area contributed by atoms with Gasteiger partial charge in [-0.05, 0) is 23.8 Å². The number of halogens is 7. The molecule has 3 N–H and O–H groups in total. The van der Waals surface area contributed by atoms with Crippen molar-refractivity contribution < 1.29 is 30.7 Å². The lowest BCUT2D eigenvalue weighted by molar-refractivity contribution is -0.141. The second kappa shape index (κ2) is 9.59. The van der Waals surface area contributed by atoms with Gasteiger partial charge < -0.3 is 16.0 Å². The van der Waals surface area contributed by atoms with E-state index in [0.717, 1.165) is 24.4 Å². The van der Waals surface area contributed by atoms with Gasteiger partial charge in [-0.3, -0.25) is 4.99 Å². The molecule has 0 aliphatic carbocycles. The molecule has 1 aromatic carbocycles.